The number of hydrogen-bond acceptors (Lipinski definition) is 6. The van der Waals surface area contributed by atoms with Crippen LogP contribution in [0.5, 0.6) is 5.75 Å². The van der Waals surface area contributed by atoms with Crippen molar-refractivity contribution < 1.29 is 9.26 Å². The summed E-state index contributed by atoms with van der Waals surface area (Å²) in [6.45, 7) is 4.52. The Bertz CT molecular complexity index is 907. The summed E-state index contributed by atoms with van der Waals surface area (Å²) in [4.78, 5) is 8.71. The topological polar surface area (TPSA) is 87.1 Å². The fourth-order valence-electron chi connectivity index (χ4n) is 3.71. The molecule has 1 saturated carbocycles. The minimum absolute atomic E-state index is 0.446. The Labute approximate surface area is 158 Å². The first-order valence-corrected chi connectivity index (χ1v) is 9.31. The Morgan fingerprint density at radius 1 is 1.19 bits per heavy atom. The van der Waals surface area contributed by atoms with Crippen LogP contribution in [-0.2, 0) is 12.1 Å². The van der Waals surface area contributed by atoms with Gasteiger partial charge in [0.2, 0.25) is 0 Å². The molecule has 0 unspecified atom stereocenters. The SMILES string of the molecule is Cc1cc(-c2nc(C3(N)CCCC3)no2)cc(C)c1OCc1cccnc1. The van der Waals surface area contributed by atoms with Crippen molar-refractivity contribution in [1.29, 1.82) is 0 Å². The molecule has 4 rings (SSSR count). The molecule has 1 aliphatic rings. The van der Waals surface area contributed by atoms with Crippen molar-refractivity contribution in [2.75, 3.05) is 0 Å². The van der Waals surface area contributed by atoms with Gasteiger partial charge < -0.3 is 15.0 Å². The molecule has 27 heavy (non-hydrogen) atoms. The largest absolute Gasteiger partial charge is 0.488 e. The number of hydrogen-bond donors (Lipinski definition) is 1. The maximum absolute atomic E-state index is 6.44. The number of nitrogens with zero attached hydrogens (tertiary/aromatic N) is 3. The smallest absolute Gasteiger partial charge is 0.258 e. The van der Waals surface area contributed by atoms with Gasteiger partial charge in [0.1, 0.15) is 12.4 Å². The van der Waals surface area contributed by atoms with Gasteiger partial charge in [-0.2, -0.15) is 4.98 Å². The molecule has 0 saturated heterocycles. The fourth-order valence-corrected chi connectivity index (χ4v) is 3.71. The fraction of sp³-hybridized carbons (Fsp3) is 0.381. The molecule has 2 N–H and O–H groups in total. The van der Waals surface area contributed by atoms with Gasteiger partial charge in [0, 0.05) is 23.5 Å². The molecule has 0 atom stereocenters. The Kier molecular flexibility index (Phi) is 4.66. The zero-order valence-corrected chi connectivity index (χ0v) is 15.7. The van der Waals surface area contributed by atoms with Gasteiger partial charge in [0.25, 0.3) is 5.89 Å². The molecule has 1 aliphatic carbocycles. The standard InChI is InChI=1S/C21H24N4O2/c1-14-10-17(19-24-20(25-27-19)21(22)7-3-4-8-21)11-15(2)18(14)26-13-16-6-5-9-23-12-16/h5-6,9-12H,3-4,7-8,13,22H2,1-2H3. The third-order valence-corrected chi connectivity index (χ3v) is 5.18. The summed E-state index contributed by atoms with van der Waals surface area (Å²) in [5.74, 6) is 1.99. The van der Waals surface area contributed by atoms with E-state index in [0.29, 0.717) is 18.3 Å². The summed E-state index contributed by atoms with van der Waals surface area (Å²) < 4.78 is 11.5. The van der Waals surface area contributed by atoms with Crippen molar-refractivity contribution in [3.05, 3.63) is 59.2 Å². The lowest BCUT2D eigenvalue weighted by molar-refractivity contribution is 0.301. The van der Waals surface area contributed by atoms with E-state index in [1.165, 1.54) is 0 Å². The van der Waals surface area contributed by atoms with E-state index in [9.17, 15) is 0 Å². The quantitative estimate of drug-likeness (QED) is 0.735. The predicted molar refractivity (Wildman–Crippen MR) is 102 cm³/mol. The third-order valence-electron chi connectivity index (χ3n) is 5.18. The molecule has 3 aromatic rings. The van der Waals surface area contributed by atoms with Crippen molar-refractivity contribution >= 4 is 0 Å². The lowest BCUT2D eigenvalue weighted by atomic mass is 9.98. The zero-order chi connectivity index (χ0) is 18.9. The summed E-state index contributed by atoms with van der Waals surface area (Å²) in [6.07, 6.45) is 7.61. The first-order chi connectivity index (χ1) is 13.0. The van der Waals surface area contributed by atoms with Crippen LogP contribution in [-0.4, -0.2) is 15.1 Å². The van der Waals surface area contributed by atoms with Crippen LogP contribution in [0.3, 0.4) is 0 Å². The molecule has 0 bridgehead atoms. The summed E-state index contributed by atoms with van der Waals surface area (Å²) in [5, 5.41) is 4.15. The van der Waals surface area contributed by atoms with Gasteiger partial charge in [-0.15, -0.1) is 0 Å². The molecule has 1 fully saturated rings. The monoisotopic (exact) mass is 364 g/mol. The van der Waals surface area contributed by atoms with Crippen LogP contribution < -0.4 is 10.5 Å². The number of aryl methyl sites for hydroxylation is 2. The maximum atomic E-state index is 6.44. The predicted octanol–water partition coefficient (Wildman–Crippen LogP) is 4.06. The molecule has 0 amide bonds. The van der Waals surface area contributed by atoms with E-state index in [-0.39, 0.29) is 0 Å². The summed E-state index contributed by atoms with van der Waals surface area (Å²) in [6, 6.07) is 7.93. The van der Waals surface area contributed by atoms with Gasteiger partial charge in [-0.25, -0.2) is 0 Å². The molecular weight excluding hydrogens is 340 g/mol. The number of benzene rings is 1. The molecule has 2 aromatic heterocycles. The molecule has 0 radical (unpaired) electrons. The summed E-state index contributed by atoms with van der Waals surface area (Å²) in [7, 11) is 0. The molecule has 6 nitrogen and oxygen atoms in total. The molecular formula is C21H24N4O2. The first kappa shape index (κ1) is 17.7. The highest BCUT2D eigenvalue weighted by atomic mass is 16.5. The molecule has 6 heteroatoms. The number of pyridine rings is 1. The molecule has 140 valence electrons. The summed E-state index contributed by atoms with van der Waals surface area (Å²) >= 11 is 0. The Hall–Kier alpha value is -2.73. The van der Waals surface area contributed by atoms with E-state index >= 15 is 0 Å². The van der Waals surface area contributed by atoms with Crippen LogP contribution in [0.2, 0.25) is 0 Å². The van der Waals surface area contributed by atoms with E-state index in [1.807, 2.05) is 44.3 Å². The number of ether oxygens (including phenoxy) is 1. The van der Waals surface area contributed by atoms with Crippen molar-refractivity contribution in [3.63, 3.8) is 0 Å². The highest BCUT2D eigenvalue weighted by Crippen LogP contribution is 2.36. The van der Waals surface area contributed by atoms with Gasteiger partial charge in [-0.1, -0.05) is 24.1 Å². The molecule has 0 spiro atoms. The van der Waals surface area contributed by atoms with Crippen LogP contribution in [0.4, 0.5) is 0 Å². The Morgan fingerprint density at radius 3 is 2.59 bits per heavy atom. The number of aromatic nitrogens is 3. The highest BCUT2D eigenvalue weighted by Gasteiger charge is 2.36. The van der Waals surface area contributed by atoms with Gasteiger partial charge >= 0.3 is 0 Å². The molecule has 1 aromatic carbocycles. The second-order valence-corrected chi connectivity index (χ2v) is 7.38. The Balaban J connectivity index is 1.56. The van der Waals surface area contributed by atoms with Crippen LogP contribution in [0, 0.1) is 13.8 Å². The van der Waals surface area contributed by atoms with Crippen LogP contribution in [0.1, 0.15) is 48.2 Å². The van der Waals surface area contributed by atoms with Crippen molar-refractivity contribution in [2.24, 2.45) is 5.73 Å². The Morgan fingerprint density at radius 2 is 1.93 bits per heavy atom. The van der Waals surface area contributed by atoms with Crippen molar-refractivity contribution in [1.82, 2.24) is 15.1 Å². The molecule has 0 aliphatic heterocycles. The maximum Gasteiger partial charge on any atom is 0.258 e. The zero-order valence-electron chi connectivity index (χ0n) is 15.7. The lowest BCUT2D eigenvalue weighted by Crippen LogP contribution is -2.34. The van der Waals surface area contributed by atoms with Crippen LogP contribution in [0.25, 0.3) is 11.5 Å². The van der Waals surface area contributed by atoms with E-state index in [0.717, 1.165) is 53.7 Å². The van der Waals surface area contributed by atoms with Gasteiger partial charge in [-0.05, 0) is 56.0 Å². The summed E-state index contributed by atoms with van der Waals surface area (Å²) in [5.41, 5.74) is 9.97. The second-order valence-electron chi connectivity index (χ2n) is 7.38. The minimum Gasteiger partial charge on any atom is -0.488 e. The van der Waals surface area contributed by atoms with E-state index in [2.05, 4.69) is 15.1 Å². The van der Waals surface area contributed by atoms with E-state index in [1.54, 1.807) is 6.20 Å². The lowest BCUT2D eigenvalue weighted by Gasteiger charge is -2.17. The average Bonchev–Trinajstić information content (AvgIpc) is 3.32. The second kappa shape index (κ2) is 7.12. The minimum atomic E-state index is -0.446. The van der Waals surface area contributed by atoms with Crippen molar-refractivity contribution in [3.8, 4) is 17.2 Å². The van der Waals surface area contributed by atoms with Gasteiger partial charge in [0.05, 0.1) is 5.54 Å². The van der Waals surface area contributed by atoms with Gasteiger partial charge in [-0.3, -0.25) is 4.98 Å². The van der Waals surface area contributed by atoms with Gasteiger partial charge in [0.15, 0.2) is 5.82 Å². The first-order valence-electron chi connectivity index (χ1n) is 9.31. The molecule has 2 heterocycles. The third kappa shape index (κ3) is 3.57. The van der Waals surface area contributed by atoms with Crippen molar-refractivity contribution in [2.45, 2.75) is 51.7 Å². The highest BCUT2D eigenvalue weighted by molar-refractivity contribution is 5.60. The van der Waals surface area contributed by atoms with E-state index in [4.69, 9.17) is 15.0 Å². The van der Waals surface area contributed by atoms with E-state index < -0.39 is 5.54 Å². The number of rotatable bonds is 5. The van der Waals surface area contributed by atoms with Crippen LogP contribution in [0.15, 0.2) is 41.2 Å². The normalized spacial score (nSPS) is 15.8. The number of nitrogens with two attached hydrogens (primary N) is 1. The average molecular weight is 364 g/mol. The van der Waals surface area contributed by atoms with Crippen LogP contribution >= 0.6 is 0 Å².